The maximum atomic E-state index is 3.85. The molecule has 0 aromatic carbocycles. The van der Waals surface area contributed by atoms with Crippen LogP contribution in [-0.2, 0) is 0 Å². The van der Waals surface area contributed by atoms with Crippen LogP contribution >= 0.6 is 0 Å². The average Bonchev–Trinajstić information content (AvgIpc) is 1.91. The Kier molecular flexibility index (Phi) is 3.35. The normalized spacial score (nSPS) is 32.0. The first-order valence-electron chi connectivity index (χ1n) is 5.27. The van der Waals surface area contributed by atoms with Crippen molar-refractivity contribution in [3.8, 4) is 0 Å². The van der Waals surface area contributed by atoms with Gasteiger partial charge in [-0.2, -0.15) is 0 Å². The molecule has 2 heteroatoms. The van der Waals surface area contributed by atoms with E-state index >= 15 is 0 Å². The lowest BCUT2D eigenvalue weighted by Gasteiger charge is -2.34. The lowest BCUT2D eigenvalue weighted by molar-refractivity contribution is 0.309. The lowest BCUT2D eigenvalue weighted by Crippen LogP contribution is -2.51. The van der Waals surface area contributed by atoms with Crippen LogP contribution in [0.15, 0.2) is 0 Å². The molecule has 0 radical (unpaired) electrons. The van der Waals surface area contributed by atoms with E-state index < -0.39 is 8.24 Å². The van der Waals surface area contributed by atoms with Crippen LogP contribution in [0.1, 0.15) is 32.6 Å². The van der Waals surface area contributed by atoms with Crippen molar-refractivity contribution in [1.29, 1.82) is 0 Å². The second kappa shape index (κ2) is 3.92. The van der Waals surface area contributed by atoms with Crippen LogP contribution in [0.5, 0.6) is 0 Å². The van der Waals surface area contributed by atoms with Crippen molar-refractivity contribution in [3.63, 3.8) is 0 Å². The number of hydrogen-bond acceptors (Lipinski definition) is 1. The minimum absolute atomic E-state index is 0.824. The Morgan fingerprint density at radius 3 is 2.17 bits per heavy atom. The molecule has 0 aliphatic heterocycles. The van der Waals surface area contributed by atoms with Crippen molar-refractivity contribution in [1.82, 2.24) is 4.98 Å². The maximum absolute atomic E-state index is 3.85. The van der Waals surface area contributed by atoms with Gasteiger partial charge in [0.2, 0.25) is 0 Å². The first-order chi connectivity index (χ1) is 5.49. The molecule has 0 saturated heterocycles. The average molecular weight is 185 g/mol. The standard InChI is InChI=1S/C10H23NSi/c1-9-7-5-6-8-10(9)11-12(2,3)4/h9-11H,5-8H2,1-4H3. The van der Waals surface area contributed by atoms with Crippen LogP contribution in [0.3, 0.4) is 0 Å². The molecule has 0 heterocycles. The van der Waals surface area contributed by atoms with Crippen LogP contribution in [0.2, 0.25) is 19.6 Å². The fourth-order valence-electron chi connectivity index (χ4n) is 2.09. The summed E-state index contributed by atoms with van der Waals surface area (Å²) in [5.41, 5.74) is 0. The molecule has 0 aromatic heterocycles. The molecule has 1 rings (SSSR count). The summed E-state index contributed by atoms with van der Waals surface area (Å²) >= 11 is 0. The second-order valence-electron chi connectivity index (χ2n) is 5.26. The van der Waals surface area contributed by atoms with E-state index in [1.807, 2.05) is 0 Å². The third-order valence-electron chi connectivity index (χ3n) is 2.73. The van der Waals surface area contributed by atoms with E-state index in [2.05, 4.69) is 31.5 Å². The summed E-state index contributed by atoms with van der Waals surface area (Å²) in [6.07, 6.45) is 5.73. The van der Waals surface area contributed by atoms with Crippen molar-refractivity contribution in [2.75, 3.05) is 0 Å². The predicted octanol–water partition coefficient (Wildman–Crippen LogP) is 2.99. The molecular formula is C10H23NSi. The topological polar surface area (TPSA) is 12.0 Å². The lowest BCUT2D eigenvalue weighted by atomic mass is 9.87. The first-order valence-corrected chi connectivity index (χ1v) is 8.77. The van der Waals surface area contributed by atoms with Gasteiger partial charge in [-0.3, -0.25) is 0 Å². The van der Waals surface area contributed by atoms with Crippen LogP contribution < -0.4 is 4.98 Å². The highest BCUT2D eigenvalue weighted by molar-refractivity contribution is 6.73. The first kappa shape index (κ1) is 10.3. The monoisotopic (exact) mass is 185 g/mol. The van der Waals surface area contributed by atoms with Gasteiger partial charge in [0.15, 0.2) is 0 Å². The molecule has 1 N–H and O–H groups in total. The smallest absolute Gasteiger partial charge is 0.116 e. The van der Waals surface area contributed by atoms with Crippen molar-refractivity contribution < 1.29 is 0 Å². The van der Waals surface area contributed by atoms with Crippen molar-refractivity contribution >= 4 is 8.24 Å². The van der Waals surface area contributed by atoms with Crippen LogP contribution in [0.4, 0.5) is 0 Å². The highest BCUT2D eigenvalue weighted by Crippen LogP contribution is 2.24. The summed E-state index contributed by atoms with van der Waals surface area (Å²) in [4.78, 5) is 3.85. The molecule has 1 nitrogen and oxygen atoms in total. The van der Waals surface area contributed by atoms with Crippen LogP contribution in [0.25, 0.3) is 0 Å². The Morgan fingerprint density at radius 2 is 1.67 bits per heavy atom. The van der Waals surface area contributed by atoms with Gasteiger partial charge in [0.05, 0.1) is 0 Å². The fraction of sp³-hybridized carbons (Fsp3) is 1.00. The van der Waals surface area contributed by atoms with Crippen LogP contribution in [0, 0.1) is 5.92 Å². The van der Waals surface area contributed by atoms with Gasteiger partial charge in [0.25, 0.3) is 0 Å². The van der Waals surface area contributed by atoms with E-state index in [4.69, 9.17) is 0 Å². The summed E-state index contributed by atoms with van der Waals surface area (Å²) < 4.78 is 0. The van der Waals surface area contributed by atoms with E-state index in [0.717, 1.165) is 12.0 Å². The van der Waals surface area contributed by atoms with Gasteiger partial charge in [-0.1, -0.05) is 39.4 Å². The van der Waals surface area contributed by atoms with Gasteiger partial charge < -0.3 is 4.98 Å². The zero-order valence-corrected chi connectivity index (χ0v) is 9.98. The second-order valence-corrected chi connectivity index (χ2v) is 10.1. The SMILES string of the molecule is CC1CCCCC1N[Si](C)(C)C. The molecule has 0 aromatic rings. The van der Waals surface area contributed by atoms with E-state index in [9.17, 15) is 0 Å². The summed E-state index contributed by atoms with van der Waals surface area (Å²) in [7, 11) is -1.04. The predicted molar refractivity (Wildman–Crippen MR) is 57.9 cm³/mol. The molecule has 0 amide bonds. The Bertz CT molecular complexity index is 139. The molecular weight excluding hydrogens is 162 g/mol. The Morgan fingerprint density at radius 1 is 1.08 bits per heavy atom. The Balaban J connectivity index is 2.39. The molecule has 12 heavy (non-hydrogen) atoms. The van der Waals surface area contributed by atoms with Gasteiger partial charge >= 0.3 is 0 Å². The molecule has 72 valence electrons. The van der Waals surface area contributed by atoms with Gasteiger partial charge in [-0.15, -0.1) is 0 Å². The molecule has 2 unspecified atom stereocenters. The van der Waals surface area contributed by atoms with Gasteiger partial charge in [-0.05, 0) is 18.8 Å². The Labute approximate surface area is 78.0 Å². The largest absolute Gasteiger partial charge is 0.334 e. The molecule has 0 bridgehead atoms. The van der Waals surface area contributed by atoms with Crippen LogP contribution in [-0.4, -0.2) is 14.3 Å². The van der Waals surface area contributed by atoms with Gasteiger partial charge in [-0.25, -0.2) is 0 Å². The number of rotatable bonds is 2. The van der Waals surface area contributed by atoms with Crippen molar-refractivity contribution in [2.24, 2.45) is 5.92 Å². The van der Waals surface area contributed by atoms with E-state index in [1.165, 1.54) is 25.7 Å². The quantitative estimate of drug-likeness (QED) is 0.652. The zero-order chi connectivity index (χ0) is 9.19. The molecule has 1 aliphatic rings. The highest BCUT2D eigenvalue weighted by atomic mass is 28.3. The Hall–Kier alpha value is 0.177. The minimum atomic E-state index is -1.04. The third-order valence-corrected chi connectivity index (χ3v) is 3.97. The van der Waals surface area contributed by atoms with E-state index in [-0.39, 0.29) is 0 Å². The summed E-state index contributed by atoms with van der Waals surface area (Å²) in [6.45, 7) is 9.59. The summed E-state index contributed by atoms with van der Waals surface area (Å²) in [6, 6.07) is 0.824. The summed E-state index contributed by atoms with van der Waals surface area (Å²) in [5.74, 6) is 0.908. The van der Waals surface area contributed by atoms with E-state index in [0.29, 0.717) is 0 Å². The number of nitrogens with one attached hydrogen (secondary N) is 1. The number of hydrogen-bond donors (Lipinski definition) is 1. The van der Waals surface area contributed by atoms with Gasteiger partial charge in [0, 0.05) is 6.04 Å². The van der Waals surface area contributed by atoms with E-state index in [1.54, 1.807) is 0 Å². The van der Waals surface area contributed by atoms with Gasteiger partial charge in [0.1, 0.15) is 8.24 Å². The van der Waals surface area contributed by atoms with Crippen molar-refractivity contribution in [3.05, 3.63) is 0 Å². The minimum Gasteiger partial charge on any atom is -0.334 e. The molecule has 0 spiro atoms. The molecule has 1 fully saturated rings. The molecule has 1 saturated carbocycles. The van der Waals surface area contributed by atoms with Crippen molar-refractivity contribution in [2.45, 2.75) is 58.3 Å². The summed E-state index contributed by atoms with van der Waals surface area (Å²) in [5, 5.41) is 0. The maximum Gasteiger partial charge on any atom is 0.116 e. The molecule has 1 aliphatic carbocycles. The highest BCUT2D eigenvalue weighted by Gasteiger charge is 2.25. The zero-order valence-electron chi connectivity index (χ0n) is 8.98. The molecule has 2 atom stereocenters. The fourth-order valence-corrected chi connectivity index (χ4v) is 3.63. The third kappa shape index (κ3) is 3.28.